The zero-order chi connectivity index (χ0) is 17.4. The lowest BCUT2D eigenvalue weighted by atomic mass is 10.1. The molecule has 0 bridgehead atoms. The van der Waals surface area contributed by atoms with Crippen LogP contribution in [0.5, 0.6) is 0 Å². The van der Waals surface area contributed by atoms with Crippen molar-refractivity contribution in [3.63, 3.8) is 0 Å². The number of aryl methyl sites for hydroxylation is 1. The predicted molar refractivity (Wildman–Crippen MR) is 107 cm³/mol. The number of halogens is 1. The number of nitrogens with zero attached hydrogens (tertiary/aromatic N) is 5. The summed E-state index contributed by atoms with van der Waals surface area (Å²) in [5.74, 6) is 1.02. The molecule has 0 spiro atoms. The molecule has 0 aliphatic heterocycles. The van der Waals surface area contributed by atoms with Crippen LogP contribution < -0.4 is 0 Å². The summed E-state index contributed by atoms with van der Waals surface area (Å²) >= 11 is 2.43. The number of aromatic nitrogens is 5. The lowest BCUT2D eigenvalue weighted by Gasteiger charge is -2.17. The molecule has 0 unspecified atom stereocenters. The van der Waals surface area contributed by atoms with Gasteiger partial charge in [-0.3, -0.25) is 4.98 Å². The fourth-order valence-electron chi connectivity index (χ4n) is 3.30. The first-order chi connectivity index (χ1) is 12.1. The Kier molecular flexibility index (Phi) is 4.45. The average molecular weight is 445 g/mol. The largest absolute Gasteiger partial charge is 0.333 e. The fraction of sp³-hybridized carbons (Fsp3) is 0.316. The maximum absolute atomic E-state index is 4.97. The first kappa shape index (κ1) is 16.5. The van der Waals surface area contributed by atoms with Crippen molar-refractivity contribution in [3.8, 4) is 11.4 Å². The van der Waals surface area contributed by atoms with Crippen LogP contribution in [0.25, 0.3) is 17.5 Å². The molecule has 128 valence electrons. The van der Waals surface area contributed by atoms with Crippen molar-refractivity contribution < 1.29 is 0 Å². The minimum atomic E-state index is 0.349. The van der Waals surface area contributed by atoms with Crippen LogP contribution in [0.1, 0.15) is 43.3 Å². The van der Waals surface area contributed by atoms with Crippen LogP contribution in [0.3, 0.4) is 0 Å². The normalized spacial score (nSPS) is 13.8. The summed E-state index contributed by atoms with van der Waals surface area (Å²) in [6.45, 7) is 5.19. The van der Waals surface area contributed by atoms with E-state index in [2.05, 4.69) is 63.1 Å². The van der Waals surface area contributed by atoms with Gasteiger partial charge in [-0.05, 0) is 70.6 Å². The van der Waals surface area contributed by atoms with Crippen molar-refractivity contribution in [1.29, 1.82) is 0 Å². The third kappa shape index (κ3) is 3.27. The van der Waals surface area contributed by atoms with E-state index in [1.165, 1.54) is 15.0 Å². The molecule has 6 heteroatoms. The summed E-state index contributed by atoms with van der Waals surface area (Å²) < 4.78 is 5.78. The molecule has 1 aliphatic carbocycles. The molecule has 3 aromatic heterocycles. The van der Waals surface area contributed by atoms with Crippen LogP contribution in [0, 0.1) is 0 Å². The van der Waals surface area contributed by atoms with Gasteiger partial charge in [-0.15, -0.1) is 0 Å². The van der Waals surface area contributed by atoms with Gasteiger partial charge >= 0.3 is 0 Å². The van der Waals surface area contributed by atoms with Crippen LogP contribution >= 0.6 is 22.6 Å². The van der Waals surface area contributed by atoms with Gasteiger partial charge in [0.25, 0.3) is 0 Å². The van der Waals surface area contributed by atoms with Crippen molar-refractivity contribution in [2.24, 2.45) is 0 Å². The predicted octanol–water partition coefficient (Wildman–Crippen LogP) is 4.49. The van der Waals surface area contributed by atoms with E-state index in [0.717, 1.165) is 36.3 Å². The van der Waals surface area contributed by atoms with Gasteiger partial charge in [-0.1, -0.05) is 0 Å². The highest BCUT2D eigenvalue weighted by molar-refractivity contribution is 14.1. The summed E-state index contributed by atoms with van der Waals surface area (Å²) in [4.78, 5) is 13.5. The van der Waals surface area contributed by atoms with Crippen LogP contribution in [0.4, 0.5) is 0 Å². The molecule has 1 aliphatic rings. The maximum Gasteiger partial charge on any atom is 0.142 e. The van der Waals surface area contributed by atoms with E-state index in [1.54, 1.807) is 6.20 Å². The van der Waals surface area contributed by atoms with Crippen LogP contribution in [-0.2, 0) is 13.0 Å². The molecule has 3 heterocycles. The molecule has 0 saturated heterocycles. The van der Waals surface area contributed by atoms with Gasteiger partial charge in [0, 0.05) is 36.4 Å². The van der Waals surface area contributed by atoms with Gasteiger partial charge in [0.1, 0.15) is 5.82 Å². The molecule has 0 amide bonds. The fourth-order valence-corrected chi connectivity index (χ4v) is 3.87. The second-order valence-corrected chi connectivity index (χ2v) is 8.02. The SMILES string of the molecule is CC(C)n1c(-c2cncc(Cn3ccnc3)c2)nc2c1C=C(I)CC2. The third-order valence-corrected chi connectivity index (χ3v) is 5.26. The molecule has 0 radical (unpaired) electrons. The van der Waals surface area contributed by atoms with E-state index in [-0.39, 0.29) is 0 Å². The van der Waals surface area contributed by atoms with Gasteiger partial charge < -0.3 is 9.13 Å². The summed E-state index contributed by atoms with van der Waals surface area (Å²) in [6.07, 6.45) is 13.8. The Labute approximate surface area is 161 Å². The highest BCUT2D eigenvalue weighted by Crippen LogP contribution is 2.33. The molecule has 0 fully saturated rings. The highest BCUT2D eigenvalue weighted by atomic mass is 127. The Morgan fingerprint density at radius 1 is 1.20 bits per heavy atom. The molecular weight excluding hydrogens is 425 g/mol. The topological polar surface area (TPSA) is 48.5 Å². The van der Waals surface area contributed by atoms with Crippen molar-refractivity contribution in [2.75, 3.05) is 0 Å². The lowest BCUT2D eigenvalue weighted by molar-refractivity contribution is 0.600. The number of hydrogen-bond acceptors (Lipinski definition) is 3. The Bertz CT molecular complexity index is 921. The summed E-state index contributed by atoms with van der Waals surface area (Å²) in [5, 5.41) is 0. The summed E-state index contributed by atoms with van der Waals surface area (Å²) in [6, 6.07) is 2.54. The molecule has 0 saturated carbocycles. The van der Waals surface area contributed by atoms with E-state index in [4.69, 9.17) is 4.98 Å². The van der Waals surface area contributed by atoms with Crippen molar-refractivity contribution in [1.82, 2.24) is 24.1 Å². The third-order valence-electron chi connectivity index (χ3n) is 4.41. The van der Waals surface area contributed by atoms with E-state index in [0.29, 0.717) is 6.04 Å². The van der Waals surface area contributed by atoms with Crippen LogP contribution in [0.15, 0.2) is 40.8 Å². The Morgan fingerprint density at radius 3 is 2.84 bits per heavy atom. The summed E-state index contributed by atoms with van der Waals surface area (Å²) in [7, 11) is 0. The lowest BCUT2D eigenvalue weighted by Crippen LogP contribution is -2.07. The number of fused-ring (bicyclic) bond motifs is 1. The monoisotopic (exact) mass is 445 g/mol. The Balaban J connectivity index is 1.77. The van der Waals surface area contributed by atoms with Gasteiger partial charge in [-0.2, -0.15) is 0 Å². The van der Waals surface area contributed by atoms with Crippen molar-refractivity contribution >= 4 is 28.7 Å². The van der Waals surface area contributed by atoms with Gasteiger partial charge in [0.2, 0.25) is 0 Å². The molecule has 3 aromatic rings. The Morgan fingerprint density at radius 2 is 2.08 bits per heavy atom. The second-order valence-electron chi connectivity index (χ2n) is 6.64. The number of rotatable bonds is 4. The van der Waals surface area contributed by atoms with E-state index in [1.807, 2.05) is 29.5 Å². The highest BCUT2D eigenvalue weighted by Gasteiger charge is 2.22. The minimum Gasteiger partial charge on any atom is -0.333 e. The number of imidazole rings is 2. The molecular formula is C19H20IN5. The van der Waals surface area contributed by atoms with Gasteiger partial charge in [0.05, 0.1) is 24.3 Å². The first-order valence-electron chi connectivity index (χ1n) is 8.49. The zero-order valence-electron chi connectivity index (χ0n) is 14.4. The Hall–Kier alpha value is -1.96. The first-order valence-corrected chi connectivity index (χ1v) is 9.57. The van der Waals surface area contributed by atoms with Crippen molar-refractivity contribution in [2.45, 2.75) is 39.3 Å². The molecule has 0 atom stereocenters. The standard InChI is InChI=1S/C19H20IN5/c1-13(2)25-18-8-16(20)3-4-17(18)23-19(25)15-7-14(9-22-10-15)11-24-6-5-21-12-24/h5-10,12-13H,3-4,11H2,1-2H3. The molecule has 0 aromatic carbocycles. The smallest absolute Gasteiger partial charge is 0.142 e. The molecule has 0 N–H and O–H groups in total. The second kappa shape index (κ2) is 6.74. The molecule has 5 nitrogen and oxygen atoms in total. The minimum absolute atomic E-state index is 0.349. The van der Waals surface area contributed by atoms with Crippen molar-refractivity contribution in [3.05, 3.63) is 57.7 Å². The van der Waals surface area contributed by atoms with E-state index >= 15 is 0 Å². The van der Waals surface area contributed by atoms with E-state index in [9.17, 15) is 0 Å². The number of hydrogen-bond donors (Lipinski definition) is 0. The summed E-state index contributed by atoms with van der Waals surface area (Å²) in [5.41, 5.74) is 4.67. The quantitative estimate of drug-likeness (QED) is 0.556. The van der Waals surface area contributed by atoms with Gasteiger partial charge in [0.15, 0.2) is 0 Å². The molecule has 4 rings (SSSR count). The zero-order valence-corrected chi connectivity index (χ0v) is 16.5. The van der Waals surface area contributed by atoms with Crippen LogP contribution in [0.2, 0.25) is 0 Å². The maximum atomic E-state index is 4.97. The number of pyridine rings is 1. The van der Waals surface area contributed by atoms with E-state index < -0.39 is 0 Å². The number of allylic oxidation sites excluding steroid dienone is 1. The molecule has 25 heavy (non-hydrogen) atoms. The average Bonchev–Trinajstić information content (AvgIpc) is 3.22. The van der Waals surface area contributed by atoms with Crippen LogP contribution in [-0.4, -0.2) is 24.1 Å². The van der Waals surface area contributed by atoms with Gasteiger partial charge in [-0.25, -0.2) is 9.97 Å².